The lowest BCUT2D eigenvalue weighted by molar-refractivity contribution is -0.143. The van der Waals surface area contributed by atoms with Crippen molar-refractivity contribution in [1.82, 2.24) is 20.7 Å². The van der Waals surface area contributed by atoms with Crippen molar-refractivity contribution in [2.75, 3.05) is 33.2 Å². The number of carbonyl (C=O) groups excluding carboxylic acids is 2. The van der Waals surface area contributed by atoms with Gasteiger partial charge in [-0.05, 0) is 20.9 Å². The molecule has 6 heteroatoms. The highest BCUT2D eigenvalue weighted by molar-refractivity contribution is 6.35. The third kappa shape index (κ3) is 4.16. The molecule has 0 atom stereocenters. The van der Waals surface area contributed by atoms with Gasteiger partial charge >= 0.3 is 11.8 Å². The minimum Gasteiger partial charge on any atom is -0.346 e. The smallest absolute Gasteiger partial charge is 0.323 e. The Morgan fingerprint density at radius 2 is 1.62 bits per heavy atom. The molecule has 2 N–H and O–H groups in total. The van der Waals surface area contributed by atoms with Crippen LogP contribution in [0, 0.1) is 0 Å². The van der Waals surface area contributed by atoms with Gasteiger partial charge in [0.25, 0.3) is 0 Å². The number of piperazine rings is 1. The highest BCUT2D eigenvalue weighted by Crippen LogP contribution is 1.95. The van der Waals surface area contributed by atoms with E-state index in [-0.39, 0.29) is 6.04 Å². The maximum atomic E-state index is 11.4. The van der Waals surface area contributed by atoms with Gasteiger partial charge in [-0.15, -0.1) is 0 Å². The van der Waals surface area contributed by atoms with Crippen molar-refractivity contribution >= 4 is 11.8 Å². The van der Waals surface area contributed by atoms with Crippen molar-refractivity contribution < 1.29 is 9.59 Å². The molecule has 1 aliphatic heterocycles. The van der Waals surface area contributed by atoms with Crippen LogP contribution in [-0.2, 0) is 9.59 Å². The van der Waals surface area contributed by atoms with E-state index >= 15 is 0 Å². The number of nitrogens with one attached hydrogen (secondary N) is 2. The van der Waals surface area contributed by atoms with E-state index in [0.29, 0.717) is 0 Å². The van der Waals surface area contributed by atoms with Crippen molar-refractivity contribution in [2.24, 2.45) is 0 Å². The van der Waals surface area contributed by atoms with Gasteiger partial charge in [-0.25, -0.2) is 5.01 Å². The third-order valence-electron chi connectivity index (χ3n) is 2.39. The molecule has 0 radical (unpaired) electrons. The van der Waals surface area contributed by atoms with Gasteiger partial charge in [-0.2, -0.15) is 0 Å². The molecule has 0 bridgehead atoms. The van der Waals surface area contributed by atoms with Gasteiger partial charge in [-0.1, -0.05) is 0 Å². The molecule has 0 saturated carbocycles. The van der Waals surface area contributed by atoms with Gasteiger partial charge in [0.2, 0.25) is 0 Å². The molecular weight excluding hydrogens is 208 g/mol. The van der Waals surface area contributed by atoms with Gasteiger partial charge in [0.05, 0.1) is 0 Å². The average molecular weight is 228 g/mol. The molecule has 0 aromatic rings. The van der Waals surface area contributed by atoms with Crippen LogP contribution in [-0.4, -0.2) is 61.0 Å². The Bertz CT molecular complexity index is 260. The number of amides is 2. The molecule has 1 aliphatic rings. The van der Waals surface area contributed by atoms with E-state index in [4.69, 9.17) is 0 Å². The molecule has 0 aliphatic carbocycles. The molecule has 0 aromatic heterocycles. The predicted molar refractivity (Wildman–Crippen MR) is 60.5 cm³/mol. The van der Waals surface area contributed by atoms with Gasteiger partial charge in [-0.3, -0.25) is 15.0 Å². The van der Waals surface area contributed by atoms with Gasteiger partial charge in [0, 0.05) is 32.2 Å². The van der Waals surface area contributed by atoms with Gasteiger partial charge < -0.3 is 10.2 Å². The Hall–Kier alpha value is -1.14. The number of rotatable bonds is 2. The van der Waals surface area contributed by atoms with E-state index in [1.807, 2.05) is 20.9 Å². The van der Waals surface area contributed by atoms with Crippen LogP contribution in [0.1, 0.15) is 13.8 Å². The summed E-state index contributed by atoms with van der Waals surface area (Å²) in [6.07, 6.45) is 0. The van der Waals surface area contributed by atoms with Crippen LogP contribution >= 0.6 is 0 Å². The normalized spacial score (nSPS) is 18.5. The summed E-state index contributed by atoms with van der Waals surface area (Å²) < 4.78 is 0. The molecule has 0 aromatic carbocycles. The lowest BCUT2D eigenvalue weighted by Gasteiger charge is -2.32. The molecule has 1 heterocycles. The summed E-state index contributed by atoms with van der Waals surface area (Å²) in [5.41, 5.74) is 2.60. The van der Waals surface area contributed by atoms with Gasteiger partial charge in [0.1, 0.15) is 0 Å². The van der Waals surface area contributed by atoms with E-state index in [1.54, 1.807) is 5.01 Å². The molecule has 2 amide bonds. The molecule has 92 valence electrons. The van der Waals surface area contributed by atoms with Gasteiger partial charge in [0.15, 0.2) is 0 Å². The summed E-state index contributed by atoms with van der Waals surface area (Å²) in [5.74, 6) is -1.16. The van der Waals surface area contributed by atoms with E-state index in [9.17, 15) is 9.59 Å². The second-order valence-corrected chi connectivity index (χ2v) is 4.36. The lowest BCUT2D eigenvalue weighted by atomic mass is 10.3. The van der Waals surface area contributed by atoms with E-state index < -0.39 is 11.8 Å². The van der Waals surface area contributed by atoms with Crippen LogP contribution in [0.2, 0.25) is 0 Å². The monoisotopic (exact) mass is 228 g/mol. The fourth-order valence-electron chi connectivity index (χ4n) is 1.44. The molecule has 1 saturated heterocycles. The molecule has 6 nitrogen and oxygen atoms in total. The number of carbonyl (C=O) groups is 2. The Kier molecular flexibility index (Phi) is 4.70. The van der Waals surface area contributed by atoms with Crippen LogP contribution in [0.25, 0.3) is 0 Å². The maximum Gasteiger partial charge on any atom is 0.323 e. The first kappa shape index (κ1) is 12.9. The minimum absolute atomic E-state index is 0.0225. The fraction of sp³-hybridized carbons (Fsp3) is 0.800. The number of likely N-dealkylation sites (N-methyl/N-ethyl adjacent to an activating group) is 1. The molecule has 16 heavy (non-hydrogen) atoms. The van der Waals surface area contributed by atoms with Crippen LogP contribution in [0.3, 0.4) is 0 Å². The van der Waals surface area contributed by atoms with Crippen LogP contribution < -0.4 is 10.7 Å². The van der Waals surface area contributed by atoms with Crippen LogP contribution in [0.4, 0.5) is 0 Å². The summed E-state index contributed by atoms with van der Waals surface area (Å²) in [5, 5.41) is 4.33. The number of nitrogens with zero attached hydrogens (tertiary/aromatic N) is 2. The molecule has 0 unspecified atom stereocenters. The highest BCUT2D eigenvalue weighted by atomic mass is 16.2. The predicted octanol–water partition coefficient (Wildman–Crippen LogP) is -1.21. The first-order chi connectivity index (χ1) is 7.49. The molecule has 0 spiro atoms. The number of hydrazine groups is 1. The lowest BCUT2D eigenvalue weighted by Crippen LogP contribution is -2.55. The van der Waals surface area contributed by atoms with Crippen molar-refractivity contribution in [3.05, 3.63) is 0 Å². The Labute approximate surface area is 95.9 Å². The average Bonchev–Trinajstić information content (AvgIpc) is 2.20. The highest BCUT2D eigenvalue weighted by Gasteiger charge is 2.20. The molecule has 1 fully saturated rings. The number of hydrogen-bond acceptors (Lipinski definition) is 4. The van der Waals surface area contributed by atoms with Crippen molar-refractivity contribution in [1.29, 1.82) is 0 Å². The van der Waals surface area contributed by atoms with E-state index in [2.05, 4.69) is 15.6 Å². The summed E-state index contributed by atoms with van der Waals surface area (Å²) in [4.78, 5) is 25.0. The zero-order valence-corrected chi connectivity index (χ0v) is 10.1. The molecular formula is C10H20N4O2. The molecule has 1 rings (SSSR count). The van der Waals surface area contributed by atoms with E-state index in [1.165, 1.54) is 0 Å². The van der Waals surface area contributed by atoms with Crippen LogP contribution in [0.5, 0.6) is 0 Å². The summed E-state index contributed by atoms with van der Waals surface area (Å²) in [6, 6.07) is -0.0225. The van der Waals surface area contributed by atoms with Crippen molar-refractivity contribution in [3.63, 3.8) is 0 Å². The SMILES string of the molecule is CC(C)NC(=O)C(=O)NN1CCN(C)CC1. The number of hydrogen-bond donors (Lipinski definition) is 2. The van der Waals surface area contributed by atoms with Crippen LogP contribution in [0.15, 0.2) is 0 Å². The third-order valence-corrected chi connectivity index (χ3v) is 2.39. The summed E-state index contributed by atoms with van der Waals surface area (Å²) in [7, 11) is 2.03. The topological polar surface area (TPSA) is 64.7 Å². The quantitative estimate of drug-likeness (QED) is 0.582. The standard InChI is InChI=1S/C10H20N4O2/c1-8(2)11-9(15)10(16)12-14-6-4-13(3)5-7-14/h8H,4-7H2,1-3H3,(H,11,15)(H,12,16). The Morgan fingerprint density at radius 1 is 1.06 bits per heavy atom. The Morgan fingerprint density at radius 3 is 2.12 bits per heavy atom. The van der Waals surface area contributed by atoms with Crippen molar-refractivity contribution in [3.8, 4) is 0 Å². The minimum atomic E-state index is -0.585. The summed E-state index contributed by atoms with van der Waals surface area (Å²) >= 11 is 0. The second kappa shape index (κ2) is 5.81. The largest absolute Gasteiger partial charge is 0.346 e. The summed E-state index contributed by atoms with van der Waals surface area (Å²) in [6.45, 7) is 6.93. The second-order valence-electron chi connectivity index (χ2n) is 4.36. The zero-order chi connectivity index (χ0) is 12.1. The first-order valence-corrected chi connectivity index (χ1v) is 5.54. The zero-order valence-electron chi connectivity index (χ0n) is 10.1. The Balaban J connectivity index is 2.31. The maximum absolute atomic E-state index is 11.4. The van der Waals surface area contributed by atoms with Crippen molar-refractivity contribution in [2.45, 2.75) is 19.9 Å². The van der Waals surface area contributed by atoms with E-state index in [0.717, 1.165) is 26.2 Å². The fourth-order valence-corrected chi connectivity index (χ4v) is 1.44. The first-order valence-electron chi connectivity index (χ1n) is 5.54.